The molecule has 0 bridgehead atoms. The molecule has 0 aromatic heterocycles. The van der Waals surface area contributed by atoms with E-state index in [9.17, 15) is 5.11 Å². The molecular formula is C16H34N2O2. The lowest BCUT2D eigenvalue weighted by Gasteiger charge is -2.29. The highest BCUT2D eigenvalue weighted by Crippen LogP contribution is 2.14. The molecule has 1 heterocycles. The number of ether oxygens (including phenoxy) is 1. The van der Waals surface area contributed by atoms with Crippen LogP contribution in [0.2, 0.25) is 0 Å². The van der Waals surface area contributed by atoms with Gasteiger partial charge < -0.3 is 20.1 Å². The van der Waals surface area contributed by atoms with Crippen LogP contribution in [0, 0.1) is 0 Å². The maximum absolute atomic E-state index is 9.54. The molecule has 20 heavy (non-hydrogen) atoms. The van der Waals surface area contributed by atoms with Crippen molar-refractivity contribution in [1.82, 2.24) is 10.2 Å². The summed E-state index contributed by atoms with van der Waals surface area (Å²) in [7, 11) is 0. The van der Waals surface area contributed by atoms with Gasteiger partial charge in [-0.05, 0) is 52.6 Å². The van der Waals surface area contributed by atoms with E-state index in [1.165, 1.54) is 12.8 Å². The Morgan fingerprint density at radius 1 is 1.40 bits per heavy atom. The quantitative estimate of drug-likeness (QED) is 0.637. The maximum atomic E-state index is 9.54. The fourth-order valence-electron chi connectivity index (χ4n) is 2.78. The minimum atomic E-state index is -0.106. The predicted octanol–water partition coefficient (Wildman–Crippen LogP) is 2.02. The second-order valence-electron chi connectivity index (χ2n) is 6.44. The molecule has 0 spiro atoms. The molecule has 0 radical (unpaired) electrons. The van der Waals surface area contributed by atoms with Gasteiger partial charge in [-0.25, -0.2) is 0 Å². The minimum Gasteiger partial charge on any atom is -0.394 e. The number of hydrogen-bond donors (Lipinski definition) is 2. The second-order valence-corrected chi connectivity index (χ2v) is 6.44. The van der Waals surface area contributed by atoms with E-state index < -0.39 is 0 Å². The van der Waals surface area contributed by atoms with Crippen LogP contribution in [-0.2, 0) is 4.74 Å². The van der Waals surface area contributed by atoms with E-state index in [0.29, 0.717) is 6.10 Å². The van der Waals surface area contributed by atoms with Crippen molar-refractivity contribution in [3.8, 4) is 0 Å². The summed E-state index contributed by atoms with van der Waals surface area (Å²) in [6, 6.07) is 0. The zero-order valence-corrected chi connectivity index (χ0v) is 13.7. The van der Waals surface area contributed by atoms with Crippen LogP contribution in [0.1, 0.15) is 52.9 Å². The Labute approximate surface area is 124 Å². The summed E-state index contributed by atoms with van der Waals surface area (Å²) in [6.45, 7) is 11.9. The van der Waals surface area contributed by atoms with Crippen LogP contribution in [0.25, 0.3) is 0 Å². The predicted molar refractivity (Wildman–Crippen MR) is 84.1 cm³/mol. The van der Waals surface area contributed by atoms with Crippen LogP contribution in [0.5, 0.6) is 0 Å². The maximum Gasteiger partial charge on any atom is 0.0673 e. The molecular weight excluding hydrogens is 252 g/mol. The van der Waals surface area contributed by atoms with Crippen molar-refractivity contribution in [2.24, 2.45) is 0 Å². The molecule has 0 aromatic rings. The first-order valence-corrected chi connectivity index (χ1v) is 8.29. The van der Waals surface area contributed by atoms with E-state index in [2.05, 4.69) is 31.0 Å². The molecule has 1 saturated heterocycles. The van der Waals surface area contributed by atoms with Gasteiger partial charge in [-0.3, -0.25) is 0 Å². The SMILES string of the molecule is CCCNC(C)(CO)CCCCN1CCCOC(C)C1. The Morgan fingerprint density at radius 3 is 2.90 bits per heavy atom. The molecule has 4 heteroatoms. The van der Waals surface area contributed by atoms with Crippen LogP contribution in [-0.4, -0.2) is 61.0 Å². The molecule has 4 nitrogen and oxygen atoms in total. The summed E-state index contributed by atoms with van der Waals surface area (Å²) in [6.07, 6.45) is 6.04. The minimum absolute atomic E-state index is 0.106. The Morgan fingerprint density at radius 2 is 2.20 bits per heavy atom. The first-order valence-electron chi connectivity index (χ1n) is 8.29. The number of unbranched alkanes of at least 4 members (excludes halogenated alkanes) is 1. The summed E-state index contributed by atoms with van der Waals surface area (Å²) in [5, 5.41) is 13.0. The van der Waals surface area contributed by atoms with E-state index >= 15 is 0 Å². The van der Waals surface area contributed by atoms with Gasteiger partial charge in [-0.15, -0.1) is 0 Å². The normalized spacial score (nSPS) is 24.3. The molecule has 2 atom stereocenters. The zero-order chi connectivity index (χ0) is 14.8. The van der Waals surface area contributed by atoms with Crippen molar-refractivity contribution in [2.75, 3.05) is 39.4 Å². The van der Waals surface area contributed by atoms with Gasteiger partial charge in [0.25, 0.3) is 0 Å². The van der Waals surface area contributed by atoms with Gasteiger partial charge in [0.15, 0.2) is 0 Å². The smallest absolute Gasteiger partial charge is 0.0673 e. The van der Waals surface area contributed by atoms with Crippen molar-refractivity contribution in [3.63, 3.8) is 0 Å². The van der Waals surface area contributed by atoms with Gasteiger partial charge in [0.1, 0.15) is 0 Å². The van der Waals surface area contributed by atoms with E-state index in [-0.39, 0.29) is 12.1 Å². The van der Waals surface area contributed by atoms with Crippen molar-refractivity contribution >= 4 is 0 Å². The average molecular weight is 286 g/mol. The fourth-order valence-corrected chi connectivity index (χ4v) is 2.78. The van der Waals surface area contributed by atoms with Gasteiger partial charge in [0, 0.05) is 25.2 Å². The molecule has 2 unspecified atom stereocenters. The molecule has 1 aliphatic rings. The van der Waals surface area contributed by atoms with E-state index in [0.717, 1.165) is 52.0 Å². The summed E-state index contributed by atoms with van der Waals surface area (Å²) in [5.41, 5.74) is -0.106. The van der Waals surface area contributed by atoms with Crippen LogP contribution < -0.4 is 5.32 Å². The molecule has 1 fully saturated rings. The van der Waals surface area contributed by atoms with Crippen molar-refractivity contribution in [1.29, 1.82) is 0 Å². The summed E-state index contributed by atoms with van der Waals surface area (Å²) in [5.74, 6) is 0. The van der Waals surface area contributed by atoms with E-state index in [1.807, 2.05) is 0 Å². The number of hydrogen-bond acceptors (Lipinski definition) is 4. The summed E-state index contributed by atoms with van der Waals surface area (Å²) < 4.78 is 5.67. The fraction of sp³-hybridized carbons (Fsp3) is 1.00. The number of nitrogens with one attached hydrogen (secondary N) is 1. The Balaban J connectivity index is 2.19. The molecule has 0 saturated carbocycles. The van der Waals surface area contributed by atoms with Gasteiger partial charge in [0.05, 0.1) is 12.7 Å². The van der Waals surface area contributed by atoms with Gasteiger partial charge in [0.2, 0.25) is 0 Å². The third kappa shape index (κ3) is 7.02. The van der Waals surface area contributed by atoms with Crippen molar-refractivity contribution in [3.05, 3.63) is 0 Å². The lowest BCUT2D eigenvalue weighted by Crippen LogP contribution is -2.46. The largest absolute Gasteiger partial charge is 0.394 e. The summed E-state index contributed by atoms with van der Waals surface area (Å²) in [4.78, 5) is 2.52. The molecule has 0 aliphatic carbocycles. The molecule has 120 valence electrons. The Kier molecular flexibility index (Phi) is 8.69. The Hall–Kier alpha value is -0.160. The van der Waals surface area contributed by atoms with Crippen molar-refractivity contribution in [2.45, 2.75) is 64.5 Å². The highest BCUT2D eigenvalue weighted by atomic mass is 16.5. The zero-order valence-electron chi connectivity index (χ0n) is 13.7. The van der Waals surface area contributed by atoms with Crippen LogP contribution in [0.15, 0.2) is 0 Å². The van der Waals surface area contributed by atoms with Crippen molar-refractivity contribution < 1.29 is 9.84 Å². The third-order valence-electron chi connectivity index (χ3n) is 4.14. The monoisotopic (exact) mass is 286 g/mol. The molecule has 0 amide bonds. The molecule has 1 aliphatic heterocycles. The standard InChI is InChI=1S/C16H34N2O2/c1-4-9-17-16(3,14-19)8-5-6-10-18-11-7-12-20-15(2)13-18/h15,17,19H,4-14H2,1-3H3. The van der Waals surface area contributed by atoms with Gasteiger partial charge in [-0.1, -0.05) is 13.3 Å². The average Bonchev–Trinajstić information content (AvgIpc) is 2.66. The van der Waals surface area contributed by atoms with E-state index in [1.54, 1.807) is 0 Å². The molecule has 1 rings (SSSR count). The first kappa shape index (κ1) is 17.9. The lowest BCUT2D eigenvalue weighted by molar-refractivity contribution is 0.0673. The topological polar surface area (TPSA) is 44.7 Å². The van der Waals surface area contributed by atoms with Crippen LogP contribution in [0.4, 0.5) is 0 Å². The molecule has 0 aromatic carbocycles. The Bertz CT molecular complexity index is 251. The highest BCUT2D eigenvalue weighted by molar-refractivity contribution is 4.82. The number of rotatable bonds is 9. The first-order chi connectivity index (χ1) is 9.59. The number of nitrogens with zero attached hydrogens (tertiary/aromatic N) is 1. The van der Waals surface area contributed by atoms with Crippen LogP contribution in [0.3, 0.4) is 0 Å². The highest BCUT2D eigenvalue weighted by Gasteiger charge is 2.21. The third-order valence-corrected chi connectivity index (χ3v) is 4.14. The second kappa shape index (κ2) is 9.72. The molecule has 2 N–H and O–H groups in total. The van der Waals surface area contributed by atoms with Gasteiger partial charge in [-0.2, -0.15) is 0 Å². The number of aliphatic hydroxyl groups is 1. The lowest BCUT2D eigenvalue weighted by atomic mass is 9.95. The van der Waals surface area contributed by atoms with E-state index in [4.69, 9.17) is 4.74 Å². The van der Waals surface area contributed by atoms with Gasteiger partial charge >= 0.3 is 0 Å². The van der Waals surface area contributed by atoms with Crippen LogP contribution >= 0.6 is 0 Å². The summed E-state index contributed by atoms with van der Waals surface area (Å²) >= 11 is 0. The number of aliphatic hydroxyl groups excluding tert-OH is 1.